The van der Waals surface area contributed by atoms with Crippen molar-refractivity contribution in [2.75, 3.05) is 6.61 Å². The van der Waals surface area contributed by atoms with E-state index in [-0.39, 0.29) is 18.4 Å². The Balaban J connectivity index is 1.93. The van der Waals surface area contributed by atoms with E-state index in [4.69, 9.17) is 4.74 Å². The van der Waals surface area contributed by atoms with Crippen LogP contribution in [0, 0.1) is 13.8 Å². The lowest BCUT2D eigenvalue weighted by molar-refractivity contribution is -0.143. The highest BCUT2D eigenvalue weighted by Crippen LogP contribution is 2.18. The molecule has 1 atom stereocenters. The summed E-state index contributed by atoms with van der Waals surface area (Å²) in [5.74, 6) is 0.212. The van der Waals surface area contributed by atoms with E-state index >= 15 is 0 Å². The number of rotatable bonds is 9. The zero-order chi connectivity index (χ0) is 25.4. The monoisotopic (exact) mass is 472 g/mol. The van der Waals surface area contributed by atoms with Crippen molar-refractivity contribution in [3.8, 4) is 5.75 Å². The molecule has 0 aliphatic rings. The molecule has 5 nitrogen and oxygen atoms in total. The van der Waals surface area contributed by atoms with Crippen molar-refractivity contribution in [1.82, 2.24) is 10.2 Å². The van der Waals surface area contributed by atoms with Crippen molar-refractivity contribution in [3.05, 3.63) is 101 Å². The third-order valence-corrected chi connectivity index (χ3v) is 5.56. The van der Waals surface area contributed by atoms with Gasteiger partial charge in [0.2, 0.25) is 5.91 Å². The van der Waals surface area contributed by atoms with Gasteiger partial charge in [-0.25, -0.2) is 0 Å². The number of aryl methyl sites for hydroxylation is 2. The van der Waals surface area contributed by atoms with Gasteiger partial charge in [-0.05, 0) is 63.4 Å². The summed E-state index contributed by atoms with van der Waals surface area (Å²) in [6, 6.07) is 24.7. The van der Waals surface area contributed by atoms with Gasteiger partial charge in [0.05, 0.1) is 0 Å². The second-order valence-electron chi connectivity index (χ2n) is 10.1. The molecule has 0 saturated heterocycles. The lowest BCUT2D eigenvalue weighted by Crippen LogP contribution is -2.55. The molecule has 3 aromatic carbocycles. The summed E-state index contributed by atoms with van der Waals surface area (Å²) in [6.45, 7) is 9.99. The first-order valence-electron chi connectivity index (χ1n) is 12.0. The highest BCUT2D eigenvalue weighted by molar-refractivity contribution is 5.89. The Labute approximate surface area is 209 Å². The maximum absolute atomic E-state index is 13.6. The molecule has 0 aliphatic carbocycles. The SMILES string of the molecule is Cc1cccc(CN(C(=O)COc2cccc(C)c2)[C@H](Cc2ccccc2)C(=O)NC(C)(C)C)c1. The van der Waals surface area contributed by atoms with E-state index in [1.807, 2.05) is 113 Å². The molecule has 35 heavy (non-hydrogen) atoms. The van der Waals surface area contributed by atoms with Crippen LogP contribution in [0.3, 0.4) is 0 Å². The van der Waals surface area contributed by atoms with Crippen molar-refractivity contribution in [2.45, 2.75) is 59.2 Å². The Kier molecular flexibility index (Phi) is 8.69. The van der Waals surface area contributed by atoms with Crippen molar-refractivity contribution < 1.29 is 14.3 Å². The third-order valence-electron chi connectivity index (χ3n) is 5.56. The number of benzene rings is 3. The first-order valence-corrected chi connectivity index (χ1v) is 12.0. The lowest BCUT2D eigenvalue weighted by atomic mass is 10.0. The van der Waals surface area contributed by atoms with Crippen molar-refractivity contribution >= 4 is 11.8 Å². The van der Waals surface area contributed by atoms with Gasteiger partial charge < -0.3 is 15.0 Å². The van der Waals surface area contributed by atoms with Gasteiger partial charge in [-0.3, -0.25) is 9.59 Å². The van der Waals surface area contributed by atoms with E-state index in [0.717, 1.165) is 22.3 Å². The quantitative estimate of drug-likeness (QED) is 0.464. The van der Waals surface area contributed by atoms with Gasteiger partial charge in [-0.1, -0.05) is 72.3 Å². The maximum Gasteiger partial charge on any atom is 0.261 e. The summed E-state index contributed by atoms with van der Waals surface area (Å²) < 4.78 is 5.85. The minimum Gasteiger partial charge on any atom is -0.484 e. The van der Waals surface area contributed by atoms with E-state index < -0.39 is 11.6 Å². The molecule has 0 bridgehead atoms. The van der Waals surface area contributed by atoms with Gasteiger partial charge in [0.1, 0.15) is 11.8 Å². The topological polar surface area (TPSA) is 58.6 Å². The first kappa shape index (κ1) is 26.0. The summed E-state index contributed by atoms with van der Waals surface area (Å²) in [5, 5.41) is 3.08. The molecule has 5 heteroatoms. The number of carbonyl (C=O) groups excluding carboxylic acids is 2. The van der Waals surface area contributed by atoms with E-state index in [9.17, 15) is 9.59 Å². The van der Waals surface area contributed by atoms with E-state index in [1.165, 1.54) is 0 Å². The predicted octanol–water partition coefficient (Wildman–Crippen LogP) is 5.24. The Morgan fingerprint density at radius 2 is 1.49 bits per heavy atom. The average molecular weight is 473 g/mol. The highest BCUT2D eigenvalue weighted by Gasteiger charge is 2.32. The minimum atomic E-state index is -0.689. The number of nitrogens with one attached hydrogen (secondary N) is 1. The van der Waals surface area contributed by atoms with Crippen molar-refractivity contribution in [2.24, 2.45) is 0 Å². The molecule has 0 aliphatic heterocycles. The van der Waals surface area contributed by atoms with Crippen molar-refractivity contribution in [1.29, 1.82) is 0 Å². The maximum atomic E-state index is 13.6. The Morgan fingerprint density at radius 3 is 2.11 bits per heavy atom. The van der Waals surface area contributed by atoms with Crippen LogP contribution < -0.4 is 10.1 Å². The van der Waals surface area contributed by atoms with Gasteiger partial charge in [0.25, 0.3) is 5.91 Å². The van der Waals surface area contributed by atoms with Gasteiger partial charge >= 0.3 is 0 Å². The number of hydrogen-bond donors (Lipinski definition) is 1. The van der Waals surface area contributed by atoms with Crippen LogP contribution in [-0.2, 0) is 22.6 Å². The average Bonchev–Trinajstić information content (AvgIpc) is 2.79. The number of hydrogen-bond acceptors (Lipinski definition) is 3. The summed E-state index contributed by atoms with van der Waals surface area (Å²) >= 11 is 0. The molecule has 3 rings (SSSR count). The van der Waals surface area contributed by atoms with Crippen LogP contribution >= 0.6 is 0 Å². The molecule has 0 saturated carbocycles. The molecule has 0 unspecified atom stereocenters. The zero-order valence-corrected chi connectivity index (χ0v) is 21.4. The third kappa shape index (κ3) is 8.29. The summed E-state index contributed by atoms with van der Waals surface area (Å²) in [4.78, 5) is 28.8. The molecule has 2 amide bonds. The molecular weight excluding hydrogens is 436 g/mol. The largest absolute Gasteiger partial charge is 0.484 e. The van der Waals surface area contributed by atoms with Gasteiger partial charge in [-0.2, -0.15) is 0 Å². The zero-order valence-electron chi connectivity index (χ0n) is 21.4. The number of amides is 2. The molecule has 3 aromatic rings. The molecule has 0 heterocycles. The molecule has 0 spiro atoms. The van der Waals surface area contributed by atoms with Crippen LogP contribution in [-0.4, -0.2) is 34.9 Å². The Bertz CT molecular complexity index is 1140. The Morgan fingerprint density at radius 1 is 0.857 bits per heavy atom. The second kappa shape index (κ2) is 11.7. The van der Waals surface area contributed by atoms with Gasteiger partial charge in [0, 0.05) is 18.5 Å². The van der Waals surface area contributed by atoms with E-state index in [1.54, 1.807) is 4.90 Å². The molecule has 184 valence electrons. The van der Waals surface area contributed by atoms with Gasteiger partial charge in [-0.15, -0.1) is 0 Å². The molecule has 0 aromatic heterocycles. The van der Waals surface area contributed by atoms with Gasteiger partial charge in [0.15, 0.2) is 6.61 Å². The predicted molar refractivity (Wildman–Crippen MR) is 140 cm³/mol. The molecule has 1 N–H and O–H groups in total. The summed E-state index contributed by atoms with van der Waals surface area (Å²) in [6.07, 6.45) is 0.407. The second-order valence-corrected chi connectivity index (χ2v) is 10.1. The number of carbonyl (C=O) groups is 2. The van der Waals surface area contributed by atoms with E-state index in [2.05, 4.69) is 5.32 Å². The van der Waals surface area contributed by atoms with Crippen LogP contribution in [0.5, 0.6) is 5.75 Å². The van der Waals surface area contributed by atoms with Crippen LogP contribution in [0.4, 0.5) is 0 Å². The summed E-state index contributed by atoms with van der Waals surface area (Å²) in [5.41, 5.74) is 3.68. The van der Waals surface area contributed by atoms with Crippen molar-refractivity contribution in [3.63, 3.8) is 0 Å². The first-order chi connectivity index (χ1) is 16.6. The highest BCUT2D eigenvalue weighted by atomic mass is 16.5. The van der Waals surface area contributed by atoms with Crippen LogP contribution in [0.25, 0.3) is 0 Å². The van der Waals surface area contributed by atoms with E-state index in [0.29, 0.717) is 18.7 Å². The Hall–Kier alpha value is -3.60. The smallest absolute Gasteiger partial charge is 0.261 e. The fraction of sp³-hybridized carbons (Fsp3) is 0.333. The van der Waals surface area contributed by atoms with Crippen LogP contribution in [0.1, 0.15) is 43.0 Å². The molecule has 0 radical (unpaired) electrons. The number of nitrogens with zero attached hydrogens (tertiary/aromatic N) is 1. The van der Waals surface area contributed by atoms with Crippen LogP contribution in [0.15, 0.2) is 78.9 Å². The molecule has 0 fully saturated rings. The lowest BCUT2D eigenvalue weighted by Gasteiger charge is -2.33. The standard InChI is InChI=1S/C30H36N2O3/c1-22-11-9-15-25(17-22)20-32(28(33)21-35-26-16-10-12-23(2)18-26)27(29(34)31-30(3,4)5)19-24-13-7-6-8-14-24/h6-18,27H,19-21H2,1-5H3,(H,31,34)/t27-/m1/s1. The fourth-order valence-corrected chi connectivity index (χ4v) is 3.95. The normalized spacial score (nSPS) is 12.0. The minimum absolute atomic E-state index is 0.149. The fourth-order valence-electron chi connectivity index (χ4n) is 3.95. The number of ether oxygens (including phenoxy) is 1. The summed E-state index contributed by atoms with van der Waals surface area (Å²) in [7, 11) is 0. The van der Waals surface area contributed by atoms with Crippen LogP contribution in [0.2, 0.25) is 0 Å². The molecular formula is C30H36N2O3.